The van der Waals surface area contributed by atoms with E-state index in [0.29, 0.717) is 5.41 Å². The third-order valence-electron chi connectivity index (χ3n) is 6.68. The molecule has 8 nitrogen and oxygen atoms in total. The lowest BCUT2D eigenvalue weighted by atomic mass is 10.0. The van der Waals surface area contributed by atoms with E-state index in [1.54, 1.807) is 6.26 Å². The minimum atomic E-state index is 0.500. The molecular weight excluding hydrogens is 853 g/mol. The Kier molecular flexibility index (Phi) is 87.4. The summed E-state index contributed by atoms with van der Waals surface area (Å²) in [7, 11) is 0. The SMILES string of the molecule is C1=CCOCC1.C1=COCC1.C1CCNCC1.C1CCNCC1.C1CCOC1.C1CCOCC1.C1CNCCN1.CC(C)(C)C.CC(C)C.CC(C)C.CC(C)C.CC(C)C.CC(C)C.CC(C)C. The lowest BCUT2D eigenvalue weighted by molar-refractivity contribution is 0.0968. The summed E-state index contributed by atoms with van der Waals surface area (Å²) in [5, 5.41) is 13.0. The first-order valence-electron chi connectivity index (χ1n) is 28.9. The molecule has 0 bridgehead atoms. The molecule has 0 spiro atoms. The summed E-state index contributed by atoms with van der Waals surface area (Å²) >= 11 is 0. The van der Waals surface area contributed by atoms with Crippen LogP contribution in [0.3, 0.4) is 0 Å². The van der Waals surface area contributed by atoms with Crippen LogP contribution in [0.1, 0.15) is 236 Å². The monoisotopic (exact) mass is 989 g/mol. The fraction of sp³-hybridized carbons (Fsp3) is 0.934. The molecule has 0 aromatic heterocycles. The summed E-state index contributed by atoms with van der Waals surface area (Å²) in [4.78, 5) is 0. The molecule has 7 aliphatic heterocycles. The van der Waals surface area contributed by atoms with Crippen LogP contribution in [-0.2, 0) is 18.9 Å². The van der Waals surface area contributed by atoms with Gasteiger partial charge in [0.15, 0.2) is 0 Å². The average Bonchev–Trinajstić information content (AvgIpc) is 4.08. The van der Waals surface area contributed by atoms with Crippen molar-refractivity contribution in [2.24, 2.45) is 40.9 Å². The molecule has 0 radical (unpaired) electrons. The third kappa shape index (κ3) is 186. The van der Waals surface area contributed by atoms with Crippen LogP contribution < -0.4 is 21.3 Å². The van der Waals surface area contributed by atoms with Crippen LogP contribution >= 0.6 is 0 Å². The van der Waals surface area contributed by atoms with Gasteiger partial charge in [-0.1, -0.05) is 177 Å². The molecule has 0 unspecified atom stereocenters. The second-order valence-corrected chi connectivity index (χ2v) is 23.9. The van der Waals surface area contributed by atoms with E-state index < -0.39 is 0 Å². The third-order valence-corrected chi connectivity index (χ3v) is 6.68. The van der Waals surface area contributed by atoms with Crippen LogP contribution in [0.25, 0.3) is 0 Å². The van der Waals surface area contributed by atoms with Gasteiger partial charge in [0.2, 0.25) is 0 Å². The first kappa shape index (κ1) is 82.0. The molecule has 7 aliphatic rings. The molecule has 0 atom stereocenters. The van der Waals surface area contributed by atoms with E-state index in [1.165, 1.54) is 96.8 Å². The number of hydrogen-bond donors (Lipinski definition) is 4. The van der Waals surface area contributed by atoms with Gasteiger partial charge in [-0.2, -0.15) is 0 Å². The van der Waals surface area contributed by atoms with E-state index in [2.05, 4.69) is 180 Å². The number of ether oxygens (including phenoxy) is 4. The highest BCUT2D eigenvalue weighted by Gasteiger charge is 1.97. The molecule has 0 saturated carbocycles. The van der Waals surface area contributed by atoms with Gasteiger partial charge in [0.25, 0.3) is 0 Å². The van der Waals surface area contributed by atoms with Crippen molar-refractivity contribution in [3.8, 4) is 0 Å². The van der Waals surface area contributed by atoms with Gasteiger partial charge in [0.1, 0.15) is 0 Å². The van der Waals surface area contributed by atoms with Crippen LogP contribution in [0.15, 0.2) is 24.5 Å². The largest absolute Gasteiger partial charge is 0.501 e. The smallest absolute Gasteiger partial charge is 0.0908 e. The molecule has 0 amide bonds. The Morgan fingerprint density at radius 1 is 0.304 bits per heavy atom. The Hall–Kier alpha value is -1.00. The fourth-order valence-corrected chi connectivity index (χ4v) is 4.23. The van der Waals surface area contributed by atoms with Crippen molar-refractivity contribution in [2.45, 2.75) is 236 Å². The maximum absolute atomic E-state index is 5.07. The topological polar surface area (TPSA) is 85.0 Å². The zero-order valence-corrected chi connectivity index (χ0v) is 51.7. The van der Waals surface area contributed by atoms with Gasteiger partial charge in [-0.05, 0) is 137 Å². The zero-order chi connectivity index (χ0) is 54.2. The van der Waals surface area contributed by atoms with Crippen molar-refractivity contribution in [2.75, 3.05) is 98.6 Å². The van der Waals surface area contributed by atoms with Gasteiger partial charge in [-0.15, -0.1) is 0 Å². The van der Waals surface area contributed by atoms with Crippen molar-refractivity contribution < 1.29 is 18.9 Å². The van der Waals surface area contributed by atoms with E-state index in [9.17, 15) is 0 Å². The summed E-state index contributed by atoms with van der Waals surface area (Å²) < 4.78 is 19.8. The van der Waals surface area contributed by atoms with Gasteiger partial charge in [-0.3, -0.25) is 0 Å². The minimum absolute atomic E-state index is 0.500. The second kappa shape index (κ2) is 73.5. The lowest BCUT2D eigenvalue weighted by Gasteiger charge is -2.11. The van der Waals surface area contributed by atoms with E-state index in [0.717, 1.165) is 121 Å². The predicted molar refractivity (Wildman–Crippen MR) is 316 cm³/mol. The number of hydrogen-bond acceptors (Lipinski definition) is 8. The first-order chi connectivity index (χ1) is 32.4. The van der Waals surface area contributed by atoms with Crippen LogP contribution in [0, 0.1) is 40.9 Å². The number of rotatable bonds is 0. The molecule has 5 saturated heterocycles. The highest BCUT2D eigenvalue weighted by molar-refractivity contribution is 4.84. The molecule has 5 fully saturated rings. The Morgan fingerprint density at radius 2 is 0.565 bits per heavy atom. The van der Waals surface area contributed by atoms with Gasteiger partial charge >= 0.3 is 0 Å². The van der Waals surface area contributed by atoms with Crippen molar-refractivity contribution in [1.82, 2.24) is 21.3 Å². The fourth-order valence-electron chi connectivity index (χ4n) is 4.23. The molecule has 4 N–H and O–H groups in total. The normalized spacial score (nSPS) is 17.3. The van der Waals surface area contributed by atoms with E-state index >= 15 is 0 Å². The quantitative estimate of drug-likeness (QED) is 0.179. The zero-order valence-electron chi connectivity index (χ0n) is 51.7. The Balaban J connectivity index is -0.000000121. The average molecular weight is 990 g/mol. The molecule has 8 heteroatoms. The Morgan fingerprint density at radius 3 is 0.652 bits per heavy atom. The maximum Gasteiger partial charge on any atom is 0.0908 e. The maximum atomic E-state index is 5.07. The molecule has 424 valence electrons. The van der Waals surface area contributed by atoms with E-state index in [4.69, 9.17) is 18.9 Å². The number of piperazine rings is 1. The summed E-state index contributed by atoms with van der Waals surface area (Å²) in [6, 6.07) is 0. The second-order valence-electron chi connectivity index (χ2n) is 23.9. The van der Waals surface area contributed by atoms with Crippen molar-refractivity contribution in [3.63, 3.8) is 0 Å². The van der Waals surface area contributed by atoms with Crippen LogP contribution in [0.5, 0.6) is 0 Å². The summed E-state index contributed by atoms with van der Waals surface area (Å²) in [5.74, 6) is 5.00. The Labute approximate surface area is 438 Å². The van der Waals surface area contributed by atoms with Crippen LogP contribution in [-0.4, -0.2) is 98.6 Å². The van der Waals surface area contributed by atoms with Crippen molar-refractivity contribution >= 4 is 0 Å². The van der Waals surface area contributed by atoms with Crippen LogP contribution in [0.2, 0.25) is 0 Å². The standard InChI is InChI=1S/2C5H11N.C5H10O.C5H8O.C5H12.C4H10N2.C4H8O.C4H6O.6C4H10/c4*1-2-4-6-5-3-1;1-5(2,3)4;1-2-6-4-3-5-1;2*1-2-4-5-3-1;6*1-4(2)3/h2*6H,1-5H2;1-5H2;1-2H,3-5H2;1-4H3;5-6H,1-4H2;1-4H2;1,3H,2,4H2;6*4H,1-3H3. The molecule has 69 heavy (non-hydrogen) atoms. The van der Waals surface area contributed by atoms with E-state index in [-0.39, 0.29) is 0 Å². The van der Waals surface area contributed by atoms with Gasteiger partial charge in [0.05, 0.1) is 26.1 Å². The van der Waals surface area contributed by atoms with Gasteiger partial charge in [0, 0.05) is 59.0 Å². The number of piperidine rings is 2. The lowest BCUT2D eigenvalue weighted by Crippen LogP contribution is -2.39. The first-order valence-corrected chi connectivity index (χ1v) is 28.9. The van der Waals surface area contributed by atoms with Crippen LogP contribution in [0.4, 0.5) is 0 Å². The molecular formula is C61H136N4O4. The van der Waals surface area contributed by atoms with Crippen molar-refractivity contribution in [3.05, 3.63) is 24.5 Å². The molecule has 7 heterocycles. The van der Waals surface area contributed by atoms with Gasteiger partial charge in [-0.25, -0.2) is 0 Å². The minimum Gasteiger partial charge on any atom is -0.501 e. The Bertz CT molecular complexity index is 668. The summed E-state index contributed by atoms with van der Waals surface area (Å²) in [6.07, 6.45) is 25.0. The molecule has 0 aromatic carbocycles. The highest BCUT2D eigenvalue weighted by atomic mass is 16.5. The highest BCUT2D eigenvalue weighted by Crippen LogP contribution is 2.08. The van der Waals surface area contributed by atoms with Gasteiger partial charge < -0.3 is 40.2 Å². The number of nitrogens with one attached hydrogen (secondary N) is 4. The summed E-state index contributed by atoms with van der Waals surface area (Å²) in [5.41, 5.74) is 0.500. The van der Waals surface area contributed by atoms with Crippen molar-refractivity contribution in [1.29, 1.82) is 0 Å². The molecule has 0 aliphatic carbocycles. The summed E-state index contributed by atoms with van der Waals surface area (Å²) in [6.45, 7) is 63.9. The predicted octanol–water partition coefficient (Wildman–Crippen LogP) is 16.6. The molecule has 0 aromatic rings. The van der Waals surface area contributed by atoms with E-state index in [1.807, 2.05) is 12.2 Å². The molecule has 7 rings (SSSR count).